The number of likely N-dealkylation sites (tertiary alicyclic amines) is 1. The number of halogens is 1. The van der Waals surface area contributed by atoms with Crippen molar-refractivity contribution in [2.75, 3.05) is 13.1 Å². The highest BCUT2D eigenvalue weighted by Crippen LogP contribution is 2.30. The molecule has 186 valence electrons. The molecule has 1 fully saturated rings. The van der Waals surface area contributed by atoms with E-state index < -0.39 is 11.7 Å². The molecule has 0 bridgehead atoms. The molecule has 1 amide bonds. The number of carbonyl (C=O) groups is 1. The summed E-state index contributed by atoms with van der Waals surface area (Å²) in [5.41, 5.74) is 0.527. The van der Waals surface area contributed by atoms with Crippen LogP contribution >= 0.6 is 11.6 Å². The maximum atomic E-state index is 13.7. The molecule has 1 aliphatic heterocycles. The summed E-state index contributed by atoms with van der Waals surface area (Å²) in [6.07, 6.45) is 1.52. The molecule has 3 heterocycles. The molecular formula is C26H26ClN5O4. The minimum Gasteiger partial charge on any atom is -0.457 e. The Kier molecular flexibility index (Phi) is 6.17. The van der Waals surface area contributed by atoms with Crippen LogP contribution in [0, 0.1) is 0 Å². The molecule has 0 N–H and O–H groups in total. The first-order valence-corrected chi connectivity index (χ1v) is 12.0. The van der Waals surface area contributed by atoms with E-state index >= 15 is 0 Å². The van der Waals surface area contributed by atoms with E-state index in [0.717, 1.165) is 0 Å². The van der Waals surface area contributed by atoms with Gasteiger partial charge in [0.05, 0.1) is 11.7 Å². The van der Waals surface area contributed by atoms with Gasteiger partial charge in [0.25, 0.3) is 0 Å². The molecule has 1 aliphatic rings. The fraction of sp³-hybridized carbons (Fsp3) is 0.308. The second-order valence-electron chi connectivity index (χ2n) is 9.60. The molecule has 0 spiro atoms. The summed E-state index contributed by atoms with van der Waals surface area (Å²) in [5.74, 6) is 1.35. The smallest absolute Gasteiger partial charge is 0.410 e. The molecule has 0 aliphatic carbocycles. The Hall–Kier alpha value is -3.85. The summed E-state index contributed by atoms with van der Waals surface area (Å²) >= 11 is 6.46. The number of fused-ring (bicyclic) bond motifs is 1. The van der Waals surface area contributed by atoms with E-state index in [0.29, 0.717) is 47.9 Å². The van der Waals surface area contributed by atoms with Gasteiger partial charge in [0.1, 0.15) is 28.9 Å². The van der Waals surface area contributed by atoms with Crippen molar-refractivity contribution in [1.29, 1.82) is 0 Å². The van der Waals surface area contributed by atoms with E-state index in [1.165, 1.54) is 10.9 Å². The van der Waals surface area contributed by atoms with Crippen LogP contribution in [0.2, 0.25) is 5.15 Å². The Morgan fingerprint density at radius 3 is 2.42 bits per heavy atom. The van der Waals surface area contributed by atoms with Gasteiger partial charge in [-0.3, -0.25) is 9.13 Å². The lowest BCUT2D eigenvalue weighted by Gasteiger charge is -2.24. The number of aromatic nitrogens is 4. The maximum absolute atomic E-state index is 13.7. The van der Waals surface area contributed by atoms with Gasteiger partial charge in [-0.05, 0) is 63.6 Å². The van der Waals surface area contributed by atoms with Crippen LogP contribution in [-0.4, -0.2) is 48.8 Å². The number of para-hydroxylation sites is 1. The van der Waals surface area contributed by atoms with Crippen molar-refractivity contribution in [3.05, 3.63) is 76.6 Å². The average molecular weight is 508 g/mol. The predicted octanol–water partition coefficient (Wildman–Crippen LogP) is 5.21. The molecule has 0 radical (unpaired) electrons. The minimum atomic E-state index is -0.598. The van der Waals surface area contributed by atoms with Gasteiger partial charge in [-0.2, -0.15) is 0 Å². The van der Waals surface area contributed by atoms with Gasteiger partial charge < -0.3 is 14.4 Å². The van der Waals surface area contributed by atoms with E-state index in [1.54, 1.807) is 33.7 Å². The maximum Gasteiger partial charge on any atom is 0.410 e. The van der Waals surface area contributed by atoms with E-state index in [2.05, 4.69) is 9.97 Å². The predicted molar refractivity (Wildman–Crippen MR) is 136 cm³/mol. The fourth-order valence-corrected chi connectivity index (χ4v) is 4.53. The highest BCUT2D eigenvalue weighted by atomic mass is 35.5. The van der Waals surface area contributed by atoms with Gasteiger partial charge in [-0.25, -0.2) is 19.6 Å². The number of carbonyl (C=O) groups excluding carboxylic acids is 1. The summed E-state index contributed by atoms with van der Waals surface area (Å²) in [6.45, 7) is 6.28. The Bertz CT molecular complexity index is 1460. The van der Waals surface area contributed by atoms with E-state index in [-0.39, 0.29) is 16.9 Å². The number of nitrogens with zero attached hydrogens (tertiary/aromatic N) is 5. The van der Waals surface area contributed by atoms with Crippen molar-refractivity contribution < 1.29 is 14.3 Å². The number of rotatable bonds is 4. The Morgan fingerprint density at radius 2 is 1.72 bits per heavy atom. The third-order valence-electron chi connectivity index (χ3n) is 5.86. The van der Waals surface area contributed by atoms with Crippen LogP contribution < -0.4 is 10.4 Å². The van der Waals surface area contributed by atoms with E-state index in [4.69, 9.17) is 21.1 Å². The highest BCUT2D eigenvalue weighted by Gasteiger charge is 2.34. The molecule has 1 unspecified atom stereocenters. The molecular weight excluding hydrogens is 482 g/mol. The van der Waals surface area contributed by atoms with Crippen molar-refractivity contribution in [3.8, 4) is 17.2 Å². The van der Waals surface area contributed by atoms with E-state index in [1.807, 2.05) is 51.1 Å². The lowest BCUT2D eigenvalue weighted by molar-refractivity contribution is 0.0289. The molecule has 9 nitrogen and oxygen atoms in total. The van der Waals surface area contributed by atoms with Gasteiger partial charge >= 0.3 is 11.8 Å². The zero-order chi connectivity index (χ0) is 25.4. The molecule has 2 aromatic carbocycles. The van der Waals surface area contributed by atoms with Crippen LogP contribution in [-0.2, 0) is 4.74 Å². The largest absolute Gasteiger partial charge is 0.457 e. The summed E-state index contributed by atoms with van der Waals surface area (Å²) < 4.78 is 14.5. The van der Waals surface area contributed by atoms with Crippen molar-refractivity contribution in [1.82, 2.24) is 24.0 Å². The van der Waals surface area contributed by atoms with Gasteiger partial charge in [-0.15, -0.1) is 0 Å². The zero-order valence-electron chi connectivity index (χ0n) is 20.2. The molecule has 5 rings (SSSR count). The molecule has 10 heteroatoms. The quantitative estimate of drug-likeness (QED) is 0.352. The average Bonchev–Trinajstić information content (AvgIpc) is 3.42. The summed E-state index contributed by atoms with van der Waals surface area (Å²) in [6, 6.07) is 16.3. The highest BCUT2D eigenvalue weighted by molar-refractivity contribution is 6.33. The zero-order valence-corrected chi connectivity index (χ0v) is 21.0. The van der Waals surface area contributed by atoms with Crippen LogP contribution in [0.15, 0.2) is 65.7 Å². The number of ether oxygens (including phenoxy) is 2. The second-order valence-corrected chi connectivity index (χ2v) is 9.96. The van der Waals surface area contributed by atoms with Crippen molar-refractivity contribution in [3.63, 3.8) is 0 Å². The lowest BCUT2D eigenvalue weighted by Crippen LogP contribution is -2.36. The topological polar surface area (TPSA) is 91.5 Å². The van der Waals surface area contributed by atoms with Crippen molar-refractivity contribution >= 4 is 28.9 Å². The van der Waals surface area contributed by atoms with Crippen LogP contribution in [0.4, 0.5) is 4.79 Å². The van der Waals surface area contributed by atoms with Crippen molar-refractivity contribution in [2.24, 2.45) is 0 Å². The summed E-state index contributed by atoms with van der Waals surface area (Å²) in [4.78, 5) is 36.4. The van der Waals surface area contributed by atoms with Gasteiger partial charge in [0.2, 0.25) is 0 Å². The monoisotopic (exact) mass is 507 g/mol. The molecule has 1 atom stereocenters. The first kappa shape index (κ1) is 23.9. The molecule has 0 saturated carbocycles. The summed E-state index contributed by atoms with van der Waals surface area (Å²) in [7, 11) is 0. The first-order valence-electron chi connectivity index (χ1n) is 11.7. The minimum absolute atomic E-state index is 0.169. The Balaban J connectivity index is 1.49. The number of benzene rings is 2. The standard InChI is InChI=1S/C26H26ClN5O4/c1-26(2,3)36-25(34)30-14-13-18(15-30)32-23-21(22(27)28-16-29-23)31(24(32)33)17-9-11-20(12-10-17)35-19-7-5-4-6-8-19/h4-12,16,18H,13-15H2,1-3H3. The van der Waals surface area contributed by atoms with Crippen LogP contribution in [0.1, 0.15) is 33.2 Å². The molecule has 2 aromatic heterocycles. The van der Waals surface area contributed by atoms with Gasteiger partial charge in [0.15, 0.2) is 10.8 Å². The third-order valence-corrected chi connectivity index (χ3v) is 6.14. The number of imidazole rings is 1. The number of amides is 1. The Labute approximate surface area is 212 Å². The van der Waals surface area contributed by atoms with E-state index in [9.17, 15) is 9.59 Å². The number of hydrogen-bond donors (Lipinski definition) is 0. The third kappa shape index (κ3) is 4.66. The lowest BCUT2D eigenvalue weighted by atomic mass is 10.2. The van der Waals surface area contributed by atoms with Crippen LogP contribution in [0.25, 0.3) is 16.9 Å². The number of hydrogen-bond acceptors (Lipinski definition) is 6. The van der Waals surface area contributed by atoms with Crippen LogP contribution in [0.3, 0.4) is 0 Å². The second kappa shape index (κ2) is 9.31. The molecule has 4 aromatic rings. The van der Waals surface area contributed by atoms with Crippen LogP contribution in [0.5, 0.6) is 11.5 Å². The first-order chi connectivity index (χ1) is 17.2. The van der Waals surface area contributed by atoms with Crippen molar-refractivity contribution in [2.45, 2.75) is 38.8 Å². The molecule has 1 saturated heterocycles. The summed E-state index contributed by atoms with van der Waals surface area (Å²) in [5, 5.41) is 0.169. The van der Waals surface area contributed by atoms with Gasteiger partial charge in [-0.1, -0.05) is 29.8 Å². The van der Waals surface area contributed by atoms with Gasteiger partial charge in [0, 0.05) is 13.1 Å². The normalized spacial score (nSPS) is 15.9. The molecule has 36 heavy (non-hydrogen) atoms. The fourth-order valence-electron chi connectivity index (χ4n) is 4.31. The SMILES string of the molecule is CC(C)(C)OC(=O)N1CCC(n2c(=O)n(-c3ccc(Oc4ccccc4)cc3)c3c(Cl)ncnc32)C1. The Morgan fingerprint density at radius 1 is 1.03 bits per heavy atom.